The summed E-state index contributed by atoms with van der Waals surface area (Å²) in [6.07, 6.45) is 0. The fourth-order valence-corrected chi connectivity index (χ4v) is 2.80. The Morgan fingerprint density at radius 2 is 1.45 bits per heavy atom. The van der Waals surface area contributed by atoms with E-state index in [1.54, 1.807) is 54.4 Å². The van der Waals surface area contributed by atoms with Crippen LogP contribution in [0.4, 0.5) is 11.4 Å². The lowest BCUT2D eigenvalue weighted by Gasteiger charge is -2.17. The molecule has 0 unspecified atom stereocenters. The minimum absolute atomic E-state index is 0.194. The Labute approximate surface area is 168 Å². The maximum atomic E-state index is 12.8. The Kier molecular flexibility index (Phi) is 6.04. The van der Waals surface area contributed by atoms with Crippen LogP contribution in [0.2, 0.25) is 0 Å². The van der Waals surface area contributed by atoms with Gasteiger partial charge in [-0.2, -0.15) is 0 Å². The van der Waals surface area contributed by atoms with Gasteiger partial charge in [0.1, 0.15) is 0 Å². The van der Waals surface area contributed by atoms with Crippen molar-refractivity contribution < 1.29 is 19.1 Å². The first-order valence-electron chi connectivity index (χ1n) is 8.92. The standard InChI is InChI=1S/C23H20N2O4/c1-25(20-12-4-3-5-13-20)22(27)17-9-7-11-19(15-17)24-21(26)16-8-6-10-18(14-16)23(28)29-2/h3-15H,1-2H3,(H,24,26). The van der Waals surface area contributed by atoms with Gasteiger partial charge in [0, 0.05) is 29.5 Å². The molecule has 0 saturated heterocycles. The van der Waals surface area contributed by atoms with Crippen molar-refractivity contribution in [3.05, 3.63) is 95.6 Å². The van der Waals surface area contributed by atoms with E-state index in [9.17, 15) is 14.4 Å². The van der Waals surface area contributed by atoms with Gasteiger partial charge in [-0.25, -0.2) is 4.79 Å². The van der Waals surface area contributed by atoms with E-state index in [0.29, 0.717) is 16.8 Å². The van der Waals surface area contributed by atoms with Crippen molar-refractivity contribution in [2.45, 2.75) is 0 Å². The van der Waals surface area contributed by atoms with Crippen molar-refractivity contribution in [2.75, 3.05) is 24.4 Å². The van der Waals surface area contributed by atoms with E-state index >= 15 is 0 Å². The number of amides is 2. The Morgan fingerprint density at radius 3 is 2.17 bits per heavy atom. The van der Waals surface area contributed by atoms with E-state index in [1.165, 1.54) is 13.2 Å². The zero-order valence-corrected chi connectivity index (χ0v) is 16.1. The summed E-state index contributed by atoms with van der Waals surface area (Å²) in [6, 6.07) is 22.2. The molecule has 0 heterocycles. The van der Waals surface area contributed by atoms with Crippen LogP contribution in [0.1, 0.15) is 31.1 Å². The number of para-hydroxylation sites is 1. The molecule has 0 aliphatic heterocycles. The first kappa shape index (κ1) is 19.8. The summed E-state index contributed by atoms with van der Waals surface area (Å²) in [5.41, 5.74) is 2.29. The number of rotatable bonds is 5. The highest BCUT2D eigenvalue weighted by atomic mass is 16.5. The van der Waals surface area contributed by atoms with Gasteiger partial charge in [-0.1, -0.05) is 30.3 Å². The molecule has 6 heteroatoms. The van der Waals surface area contributed by atoms with Gasteiger partial charge >= 0.3 is 5.97 Å². The van der Waals surface area contributed by atoms with E-state index in [4.69, 9.17) is 0 Å². The molecule has 0 bridgehead atoms. The van der Waals surface area contributed by atoms with Gasteiger partial charge < -0.3 is 15.0 Å². The van der Waals surface area contributed by atoms with E-state index in [0.717, 1.165) is 5.69 Å². The molecule has 1 N–H and O–H groups in total. The molecular formula is C23H20N2O4. The number of nitrogens with one attached hydrogen (secondary N) is 1. The molecule has 0 fully saturated rings. The molecule has 0 aromatic heterocycles. The average molecular weight is 388 g/mol. The van der Waals surface area contributed by atoms with Crippen LogP contribution >= 0.6 is 0 Å². The summed E-state index contributed by atoms with van der Waals surface area (Å²) in [4.78, 5) is 38.5. The molecule has 3 aromatic rings. The third kappa shape index (κ3) is 4.68. The third-order valence-electron chi connectivity index (χ3n) is 4.36. The fraction of sp³-hybridized carbons (Fsp3) is 0.0870. The largest absolute Gasteiger partial charge is 0.465 e. The number of anilines is 2. The molecule has 0 saturated carbocycles. The normalized spacial score (nSPS) is 10.1. The number of hydrogen-bond donors (Lipinski definition) is 1. The number of hydrogen-bond acceptors (Lipinski definition) is 4. The molecule has 0 aliphatic rings. The predicted molar refractivity (Wildman–Crippen MR) is 111 cm³/mol. The maximum Gasteiger partial charge on any atom is 0.337 e. The van der Waals surface area contributed by atoms with E-state index in [2.05, 4.69) is 10.1 Å². The Hall–Kier alpha value is -3.93. The van der Waals surface area contributed by atoms with Gasteiger partial charge in [0.05, 0.1) is 12.7 Å². The maximum absolute atomic E-state index is 12.8. The van der Waals surface area contributed by atoms with Crippen molar-refractivity contribution in [3.8, 4) is 0 Å². The van der Waals surface area contributed by atoms with Crippen LogP contribution in [0.25, 0.3) is 0 Å². The zero-order valence-electron chi connectivity index (χ0n) is 16.1. The molecule has 3 aromatic carbocycles. The van der Waals surface area contributed by atoms with Gasteiger partial charge in [-0.15, -0.1) is 0 Å². The smallest absolute Gasteiger partial charge is 0.337 e. The van der Waals surface area contributed by atoms with Crippen molar-refractivity contribution in [1.29, 1.82) is 0 Å². The van der Waals surface area contributed by atoms with Crippen LogP contribution in [0.3, 0.4) is 0 Å². The number of esters is 1. The lowest BCUT2D eigenvalue weighted by atomic mass is 10.1. The number of nitrogens with zero attached hydrogens (tertiary/aromatic N) is 1. The lowest BCUT2D eigenvalue weighted by molar-refractivity contribution is 0.0600. The topological polar surface area (TPSA) is 75.7 Å². The summed E-state index contributed by atoms with van der Waals surface area (Å²) in [6.45, 7) is 0. The number of methoxy groups -OCH3 is 1. The van der Waals surface area contributed by atoms with Crippen molar-refractivity contribution in [3.63, 3.8) is 0 Å². The molecule has 0 radical (unpaired) electrons. The van der Waals surface area contributed by atoms with Crippen molar-refractivity contribution in [2.24, 2.45) is 0 Å². The van der Waals surface area contributed by atoms with Crippen molar-refractivity contribution in [1.82, 2.24) is 0 Å². The van der Waals surface area contributed by atoms with Crippen LogP contribution in [-0.4, -0.2) is 31.9 Å². The van der Waals surface area contributed by atoms with Gasteiger partial charge in [0.25, 0.3) is 11.8 Å². The highest BCUT2D eigenvalue weighted by Crippen LogP contribution is 2.18. The van der Waals surface area contributed by atoms with Gasteiger partial charge in [-0.3, -0.25) is 9.59 Å². The third-order valence-corrected chi connectivity index (χ3v) is 4.36. The lowest BCUT2D eigenvalue weighted by Crippen LogP contribution is -2.26. The van der Waals surface area contributed by atoms with Gasteiger partial charge in [0.15, 0.2) is 0 Å². The predicted octanol–water partition coefficient (Wildman–Crippen LogP) is 4.00. The first-order chi connectivity index (χ1) is 14.0. The Bertz CT molecular complexity index is 1050. The number of ether oxygens (including phenoxy) is 1. The quantitative estimate of drug-likeness (QED) is 0.671. The highest BCUT2D eigenvalue weighted by Gasteiger charge is 2.15. The van der Waals surface area contributed by atoms with E-state index in [1.807, 2.05) is 30.3 Å². The molecule has 0 atom stereocenters. The van der Waals surface area contributed by atoms with Crippen molar-refractivity contribution >= 4 is 29.2 Å². The second-order valence-electron chi connectivity index (χ2n) is 6.31. The minimum Gasteiger partial charge on any atom is -0.465 e. The monoisotopic (exact) mass is 388 g/mol. The second-order valence-corrected chi connectivity index (χ2v) is 6.31. The molecule has 0 spiro atoms. The molecule has 6 nitrogen and oxygen atoms in total. The number of carbonyl (C=O) groups excluding carboxylic acids is 3. The first-order valence-corrected chi connectivity index (χ1v) is 8.92. The second kappa shape index (κ2) is 8.84. The number of carbonyl (C=O) groups is 3. The summed E-state index contributed by atoms with van der Waals surface area (Å²) < 4.78 is 4.68. The summed E-state index contributed by atoms with van der Waals surface area (Å²) in [5.74, 6) is -1.10. The fourth-order valence-electron chi connectivity index (χ4n) is 2.80. The highest BCUT2D eigenvalue weighted by molar-refractivity contribution is 6.08. The molecule has 29 heavy (non-hydrogen) atoms. The SMILES string of the molecule is COC(=O)c1cccc(C(=O)Nc2cccc(C(=O)N(C)c3ccccc3)c2)c1. The molecule has 2 amide bonds. The zero-order chi connectivity index (χ0) is 20.8. The summed E-state index contributed by atoms with van der Waals surface area (Å²) in [5, 5.41) is 2.75. The van der Waals surface area contributed by atoms with Crippen LogP contribution < -0.4 is 10.2 Å². The molecule has 146 valence electrons. The molecule has 0 aliphatic carbocycles. The van der Waals surface area contributed by atoms with Crippen LogP contribution in [0.5, 0.6) is 0 Å². The molecular weight excluding hydrogens is 368 g/mol. The minimum atomic E-state index is -0.517. The van der Waals surface area contributed by atoms with Gasteiger partial charge in [0.2, 0.25) is 0 Å². The van der Waals surface area contributed by atoms with Crippen LogP contribution in [0, 0.1) is 0 Å². The summed E-state index contributed by atoms with van der Waals surface area (Å²) in [7, 11) is 2.98. The molecule has 3 rings (SSSR count). The van der Waals surface area contributed by atoms with Gasteiger partial charge in [-0.05, 0) is 48.5 Å². The average Bonchev–Trinajstić information content (AvgIpc) is 2.78. The Morgan fingerprint density at radius 1 is 0.793 bits per heavy atom. The van der Waals surface area contributed by atoms with Crippen LogP contribution in [-0.2, 0) is 4.74 Å². The summed E-state index contributed by atoms with van der Waals surface area (Å²) >= 11 is 0. The Balaban J connectivity index is 1.77. The number of benzene rings is 3. The van der Waals surface area contributed by atoms with E-state index < -0.39 is 11.9 Å². The van der Waals surface area contributed by atoms with E-state index in [-0.39, 0.29) is 11.5 Å². The van der Waals surface area contributed by atoms with Crippen LogP contribution in [0.15, 0.2) is 78.9 Å².